The smallest absolute Gasteiger partial charge is 0.241 e. The zero-order valence-corrected chi connectivity index (χ0v) is 12.2. The van der Waals surface area contributed by atoms with Crippen LogP contribution in [-0.4, -0.2) is 40.0 Å². The third-order valence-electron chi connectivity index (χ3n) is 4.06. The first-order valence-corrected chi connectivity index (χ1v) is 6.85. The van der Waals surface area contributed by atoms with Crippen molar-refractivity contribution < 1.29 is 19.7 Å². The molecule has 6 nitrogen and oxygen atoms in total. The highest BCUT2D eigenvalue weighted by molar-refractivity contribution is 5.26. The first kappa shape index (κ1) is 15.0. The van der Waals surface area contributed by atoms with Gasteiger partial charge in [0.05, 0.1) is 26.0 Å². The van der Waals surface area contributed by atoms with Crippen molar-refractivity contribution in [2.75, 3.05) is 14.2 Å². The first-order chi connectivity index (χ1) is 9.50. The largest absolute Gasteiger partial charge is 0.480 e. The number of hydrogen-bond acceptors (Lipinski definition) is 6. The zero-order chi connectivity index (χ0) is 14.8. The quantitative estimate of drug-likeness (QED) is 0.870. The molecule has 1 aliphatic carbocycles. The highest BCUT2D eigenvalue weighted by Gasteiger charge is 2.41. The van der Waals surface area contributed by atoms with Crippen LogP contribution in [0.3, 0.4) is 0 Å². The highest BCUT2D eigenvalue weighted by atomic mass is 16.5. The molecule has 20 heavy (non-hydrogen) atoms. The Hall–Kier alpha value is -1.40. The van der Waals surface area contributed by atoms with Crippen LogP contribution in [0.2, 0.25) is 0 Å². The summed E-state index contributed by atoms with van der Waals surface area (Å²) in [7, 11) is 2.93. The number of rotatable bonds is 4. The standard InChI is InChI=1S/C14H22N2O4/c1-9-4-6-14(18,7-5-9)12(17)11-13(20-3)16-10(19-2)8-15-11/h8-9,12,17-18H,4-7H2,1-3H3. The number of nitrogens with zero attached hydrogens (tertiary/aromatic N) is 2. The van der Waals surface area contributed by atoms with E-state index in [0.29, 0.717) is 24.6 Å². The minimum absolute atomic E-state index is 0.184. The van der Waals surface area contributed by atoms with E-state index in [0.717, 1.165) is 12.8 Å². The van der Waals surface area contributed by atoms with E-state index >= 15 is 0 Å². The Morgan fingerprint density at radius 1 is 1.30 bits per heavy atom. The summed E-state index contributed by atoms with van der Waals surface area (Å²) in [5.41, 5.74) is -0.909. The van der Waals surface area contributed by atoms with E-state index in [-0.39, 0.29) is 11.6 Å². The average molecular weight is 282 g/mol. The van der Waals surface area contributed by atoms with E-state index in [4.69, 9.17) is 9.47 Å². The summed E-state index contributed by atoms with van der Waals surface area (Å²) in [4.78, 5) is 8.23. The van der Waals surface area contributed by atoms with E-state index < -0.39 is 11.7 Å². The zero-order valence-electron chi connectivity index (χ0n) is 12.2. The third kappa shape index (κ3) is 2.86. The first-order valence-electron chi connectivity index (χ1n) is 6.85. The second-order valence-corrected chi connectivity index (χ2v) is 5.50. The molecule has 1 aromatic rings. The van der Waals surface area contributed by atoms with Gasteiger partial charge >= 0.3 is 0 Å². The molecule has 6 heteroatoms. The van der Waals surface area contributed by atoms with Crippen molar-refractivity contribution in [2.24, 2.45) is 5.92 Å². The third-order valence-corrected chi connectivity index (χ3v) is 4.06. The van der Waals surface area contributed by atoms with Gasteiger partial charge in [0.15, 0.2) is 0 Å². The topological polar surface area (TPSA) is 84.7 Å². The summed E-state index contributed by atoms with van der Waals surface area (Å²) in [5, 5.41) is 21.1. The monoisotopic (exact) mass is 282 g/mol. The fraction of sp³-hybridized carbons (Fsp3) is 0.714. The van der Waals surface area contributed by atoms with Gasteiger partial charge in [-0.3, -0.25) is 0 Å². The van der Waals surface area contributed by atoms with Gasteiger partial charge in [0.25, 0.3) is 0 Å². The fourth-order valence-corrected chi connectivity index (χ4v) is 2.59. The van der Waals surface area contributed by atoms with Crippen molar-refractivity contribution in [1.29, 1.82) is 0 Å². The number of aromatic nitrogens is 2. The maximum atomic E-state index is 10.7. The molecule has 0 radical (unpaired) electrons. The lowest BCUT2D eigenvalue weighted by molar-refractivity contribution is -0.108. The molecule has 1 aliphatic rings. The molecule has 112 valence electrons. The molecule has 0 spiro atoms. The highest BCUT2D eigenvalue weighted by Crippen LogP contribution is 2.41. The molecule has 2 rings (SSSR count). The van der Waals surface area contributed by atoms with E-state index in [2.05, 4.69) is 16.9 Å². The van der Waals surface area contributed by atoms with Crippen molar-refractivity contribution in [1.82, 2.24) is 9.97 Å². The number of methoxy groups -OCH3 is 2. The van der Waals surface area contributed by atoms with E-state index in [1.54, 1.807) is 0 Å². The van der Waals surface area contributed by atoms with Gasteiger partial charge in [-0.2, -0.15) is 4.98 Å². The van der Waals surface area contributed by atoms with E-state index in [1.807, 2.05) is 0 Å². The summed E-state index contributed by atoms with van der Waals surface area (Å²) >= 11 is 0. The number of aliphatic hydroxyl groups is 2. The van der Waals surface area contributed by atoms with Crippen molar-refractivity contribution in [3.8, 4) is 11.8 Å². The van der Waals surface area contributed by atoms with Crippen molar-refractivity contribution in [3.05, 3.63) is 11.9 Å². The normalized spacial score (nSPS) is 27.9. The van der Waals surface area contributed by atoms with E-state index in [1.165, 1.54) is 20.4 Å². The van der Waals surface area contributed by atoms with Crippen molar-refractivity contribution in [2.45, 2.75) is 44.3 Å². The average Bonchev–Trinajstić information content (AvgIpc) is 2.49. The molecule has 1 heterocycles. The van der Waals surface area contributed by atoms with Crippen LogP contribution in [0.25, 0.3) is 0 Å². The molecule has 0 bridgehead atoms. The molecule has 0 aliphatic heterocycles. The summed E-state index contributed by atoms with van der Waals surface area (Å²) in [6.45, 7) is 2.15. The fourth-order valence-electron chi connectivity index (χ4n) is 2.59. The Balaban J connectivity index is 2.26. The Morgan fingerprint density at radius 2 is 1.95 bits per heavy atom. The Morgan fingerprint density at radius 3 is 2.50 bits per heavy atom. The van der Waals surface area contributed by atoms with Crippen LogP contribution < -0.4 is 9.47 Å². The van der Waals surface area contributed by atoms with Crippen LogP contribution in [0.1, 0.15) is 44.4 Å². The molecule has 1 aromatic heterocycles. The minimum atomic E-state index is -1.16. The summed E-state index contributed by atoms with van der Waals surface area (Å²) < 4.78 is 10.1. The molecule has 1 saturated carbocycles. The van der Waals surface area contributed by atoms with Crippen molar-refractivity contribution >= 4 is 0 Å². The van der Waals surface area contributed by atoms with Gasteiger partial charge in [-0.05, 0) is 31.6 Å². The Bertz CT molecular complexity index is 458. The van der Waals surface area contributed by atoms with E-state index in [9.17, 15) is 10.2 Å². The molecular weight excluding hydrogens is 260 g/mol. The van der Waals surface area contributed by atoms with Gasteiger partial charge in [0.2, 0.25) is 11.8 Å². The molecule has 0 aromatic carbocycles. The van der Waals surface area contributed by atoms with Crippen LogP contribution in [0, 0.1) is 5.92 Å². The molecule has 0 saturated heterocycles. The summed E-state index contributed by atoms with van der Waals surface area (Å²) in [6, 6.07) is 0. The summed E-state index contributed by atoms with van der Waals surface area (Å²) in [6.07, 6.45) is 3.18. The SMILES string of the molecule is COc1cnc(C(O)C2(O)CCC(C)CC2)c(OC)n1. The van der Waals surface area contributed by atoms with Crippen LogP contribution in [0.15, 0.2) is 6.20 Å². The van der Waals surface area contributed by atoms with Crippen molar-refractivity contribution in [3.63, 3.8) is 0 Å². The predicted molar refractivity (Wildman–Crippen MR) is 72.7 cm³/mol. The molecule has 1 fully saturated rings. The maximum absolute atomic E-state index is 10.7. The van der Waals surface area contributed by atoms with Gasteiger partial charge in [-0.1, -0.05) is 6.92 Å². The van der Waals surface area contributed by atoms with Gasteiger partial charge in [0.1, 0.15) is 11.8 Å². The molecule has 2 N–H and O–H groups in total. The van der Waals surface area contributed by atoms with Gasteiger partial charge in [0, 0.05) is 0 Å². The van der Waals surface area contributed by atoms with Crippen LogP contribution in [0.4, 0.5) is 0 Å². The van der Waals surface area contributed by atoms with Gasteiger partial charge in [-0.25, -0.2) is 4.98 Å². The van der Waals surface area contributed by atoms with Crippen LogP contribution in [0.5, 0.6) is 11.8 Å². The summed E-state index contributed by atoms with van der Waals surface area (Å²) in [5.74, 6) is 1.07. The van der Waals surface area contributed by atoms with Gasteiger partial charge in [-0.15, -0.1) is 0 Å². The Labute approximate surface area is 118 Å². The minimum Gasteiger partial charge on any atom is -0.480 e. The molecule has 0 amide bonds. The Kier molecular flexibility index (Phi) is 4.45. The maximum Gasteiger partial charge on any atom is 0.241 e. The molecule has 1 atom stereocenters. The number of ether oxygens (including phenoxy) is 2. The molecular formula is C14H22N2O4. The predicted octanol–water partition coefficient (Wildman–Crippen LogP) is 1.47. The second-order valence-electron chi connectivity index (χ2n) is 5.50. The van der Waals surface area contributed by atoms with Crippen LogP contribution in [-0.2, 0) is 0 Å². The molecule has 1 unspecified atom stereocenters. The lowest BCUT2D eigenvalue weighted by atomic mass is 9.76. The van der Waals surface area contributed by atoms with Gasteiger partial charge < -0.3 is 19.7 Å². The lowest BCUT2D eigenvalue weighted by Crippen LogP contribution is -2.40. The second kappa shape index (κ2) is 5.93. The number of aliphatic hydroxyl groups excluding tert-OH is 1. The van der Waals surface area contributed by atoms with Crippen LogP contribution >= 0.6 is 0 Å². The lowest BCUT2D eigenvalue weighted by Gasteiger charge is -2.38. The number of hydrogen-bond donors (Lipinski definition) is 2.